The molecule has 1 heterocycles. The average molecular weight is 305 g/mol. The van der Waals surface area contributed by atoms with Crippen molar-refractivity contribution in [2.45, 2.75) is 33.6 Å². The van der Waals surface area contributed by atoms with E-state index in [1.807, 2.05) is 26.8 Å². The Labute approximate surface area is 128 Å². The summed E-state index contributed by atoms with van der Waals surface area (Å²) in [6.07, 6.45) is 0. The Bertz CT molecular complexity index is 662. The molecule has 0 radical (unpaired) electrons. The van der Waals surface area contributed by atoms with Gasteiger partial charge in [0.15, 0.2) is 5.69 Å². The molecule has 0 atom stereocenters. The van der Waals surface area contributed by atoms with E-state index in [9.17, 15) is 9.90 Å². The van der Waals surface area contributed by atoms with E-state index in [4.69, 9.17) is 4.74 Å². The monoisotopic (exact) mass is 305 g/mol. The molecular weight excluding hydrogens is 286 g/mol. The van der Waals surface area contributed by atoms with Gasteiger partial charge >= 0.3 is 5.97 Å². The Morgan fingerprint density at radius 2 is 2.14 bits per heavy atom. The van der Waals surface area contributed by atoms with Crippen LogP contribution in [0.15, 0.2) is 18.2 Å². The number of ether oxygens (including phenoxy) is 1. The van der Waals surface area contributed by atoms with Crippen molar-refractivity contribution >= 4 is 17.3 Å². The highest BCUT2D eigenvalue weighted by Gasteiger charge is 2.22. The summed E-state index contributed by atoms with van der Waals surface area (Å²) in [5, 5.41) is 10.3. The van der Waals surface area contributed by atoms with E-state index in [0.717, 1.165) is 21.0 Å². The maximum Gasteiger partial charge on any atom is 0.358 e. The topological polar surface area (TPSA) is 59.4 Å². The van der Waals surface area contributed by atoms with Gasteiger partial charge in [-0.15, -0.1) is 11.3 Å². The van der Waals surface area contributed by atoms with Gasteiger partial charge in [0.2, 0.25) is 0 Å². The summed E-state index contributed by atoms with van der Waals surface area (Å²) in [4.78, 5) is 17.4. The van der Waals surface area contributed by atoms with Gasteiger partial charge in [0.25, 0.3) is 0 Å². The number of carbonyl (C=O) groups excluding carboxylic acids is 1. The molecule has 1 aromatic carbocycles. The van der Waals surface area contributed by atoms with Crippen LogP contribution in [0.3, 0.4) is 0 Å². The number of nitrogens with zero attached hydrogens (tertiary/aromatic N) is 1. The summed E-state index contributed by atoms with van der Waals surface area (Å²) in [5.41, 5.74) is 2.25. The number of rotatable bonds is 4. The van der Waals surface area contributed by atoms with Crippen LogP contribution in [0.2, 0.25) is 0 Å². The van der Waals surface area contributed by atoms with E-state index in [1.54, 1.807) is 19.1 Å². The van der Waals surface area contributed by atoms with Crippen LogP contribution in [0.4, 0.5) is 0 Å². The number of carbonyl (C=O) groups is 1. The molecule has 21 heavy (non-hydrogen) atoms. The normalized spacial score (nSPS) is 10.9. The van der Waals surface area contributed by atoms with Crippen LogP contribution in [-0.4, -0.2) is 22.7 Å². The number of benzene rings is 1. The second kappa shape index (κ2) is 6.26. The molecule has 2 aromatic rings. The first-order valence-electron chi connectivity index (χ1n) is 6.91. The number of thiazole rings is 1. The van der Waals surface area contributed by atoms with Gasteiger partial charge in [-0.3, -0.25) is 0 Å². The summed E-state index contributed by atoms with van der Waals surface area (Å²) in [7, 11) is 0. The standard InChI is InChI=1S/C16H19NO3S/c1-5-20-16(19)13-14(9(2)3)21-15(17-13)12-7-6-11(18)8-10(12)4/h6-9,18H,5H2,1-4H3. The molecule has 1 aromatic heterocycles. The van der Waals surface area contributed by atoms with Gasteiger partial charge in [0, 0.05) is 10.4 Å². The minimum Gasteiger partial charge on any atom is -0.508 e. The van der Waals surface area contributed by atoms with E-state index in [-0.39, 0.29) is 17.6 Å². The fourth-order valence-corrected chi connectivity index (χ4v) is 3.22. The van der Waals surface area contributed by atoms with Gasteiger partial charge in [0.1, 0.15) is 10.8 Å². The lowest BCUT2D eigenvalue weighted by molar-refractivity contribution is 0.0519. The molecule has 0 saturated carbocycles. The zero-order valence-corrected chi connectivity index (χ0v) is 13.5. The van der Waals surface area contributed by atoms with E-state index >= 15 is 0 Å². The molecule has 0 fully saturated rings. The molecule has 4 nitrogen and oxygen atoms in total. The van der Waals surface area contributed by atoms with Crippen LogP contribution in [0, 0.1) is 6.92 Å². The van der Waals surface area contributed by atoms with Gasteiger partial charge < -0.3 is 9.84 Å². The SMILES string of the molecule is CCOC(=O)c1nc(-c2ccc(O)cc2C)sc1C(C)C. The first-order chi connectivity index (χ1) is 9.93. The van der Waals surface area contributed by atoms with Crippen LogP contribution >= 0.6 is 11.3 Å². The fraction of sp³-hybridized carbons (Fsp3) is 0.375. The number of aromatic nitrogens is 1. The number of hydrogen-bond acceptors (Lipinski definition) is 5. The first-order valence-corrected chi connectivity index (χ1v) is 7.73. The predicted molar refractivity (Wildman–Crippen MR) is 84.0 cm³/mol. The number of phenols is 1. The maximum absolute atomic E-state index is 12.0. The minimum absolute atomic E-state index is 0.202. The third-order valence-electron chi connectivity index (χ3n) is 3.09. The molecule has 0 bridgehead atoms. The highest BCUT2D eigenvalue weighted by atomic mass is 32.1. The quantitative estimate of drug-likeness (QED) is 0.863. The lowest BCUT2D eigenvalue weighted by atomic mass is 10.1. The molecule has 0 amide bonds. The Kier molecular flexibility index (Phi) is 4.63. The van der Waals surface area contributed by atoms with E-state index in [0.29, 0.717) is 12.3 Å². The lowest BCUT2D eigenvalue weighted by Crippen LogP contribution is -2.08. The van der Waals surface area contributed by atoms with Crippen molar-refractivity contribution in [3.8, 4) is 16.3 Å². The smallest absolute Gasteiger partial charge is 0.358 e. The molecule has 112 valence electrons. The summed E-state index contributed by atoms with van der Waals surface area (Å²) in [6.45, 7) is 8.09. The summed E-state index contributed by atoms with van der Waals surface area (Å²) < 4.78 is 5.08. The van der Waals surface area contributed by atoms with Crippen molar-refractivity contribution in [3.63, 3.8) is 0 Å². The van der Waals surface area contributed by atoms with E-state index in [2.05, 4.69) is 4.98 Å². The third kappa shape index (κ3) is 3.24. The van der Waals surface area contributed by atoms with Gasteiger partial charge in [0.05, 0.1) is 6.61 Å². The molecule has 0 spiro atoms. The van der Waals surface area contributed by atoms with Crippen LogP contribution in [0.5, 0.6) is 5.75 Å². The van der Waals surface area contributed by atoms with Crippen LogP contribution < -0.4 is 0 Å². The lowest BCUT2D eigenvalue weighted by Gasteiger charge is -2.03. The first kappa shape index (κ1) is 15.5. The molecule has 0 aliphatic rings. The predicted octanol–water partition coefficient (Wildman–Crippen LogP) is 4.12. The molecule has 0 aliphatic heterocycles. The third-order valence-corrected chi connectivity index (χ3v) is 4.48. The fourth-order valence-electron chi connectivity index (χ4n) is 2.07. The molecular formula is C16H19NO3S. The Hall–Kier alpha value is -1.88. The molecule has 0 saturated heterocycles. The maximum atomic E-state index is 12.0. The van der Waals surface area contributed by atoms with Gasteiger partial charge in [-0.2, -0.15) is 0 Å². The Morgan fingerprint density at radius 1 is 1.43 bits per heavy atom. The van der Waals surface area contributed by atoms with Crippen molar-refractivity contribution in [3.05, 3.63) is 34.3 Å². The molecule has 0 aliphatic carbocycles. The summed E-state index contributed by atoms with van der Waals surface area (Å²) in [5.74, 6) is 0.0516. The van der Waals surface area contributed by atoms with Crippen LogP contribution in [0.1, 0.15) is 47.6 Å². The minimum atomic E-state index is -0.375. The average Bonchev–Trinajstić information content (AvgIpc) is 2.84. The summed E-state index contributed by atoms with van der Waals surface area (Å²) in [6, 6.07) is 5.14. The van der Waals surface area contributed by atoms with Crippen molar-refractivity contribution in [2.24, 2.45) is 0 Å². The van der Waals surface area contributed by atoms with Crippen molar-refractivity contribution in [1.29, 1.82) is 0 Å². The highest BCUT2D eigenvalue weighted by Crippen LogP contribution is 2.35. The van der Waals surface area contributed by atoms with Gasteiger partial charge in [-0.05, 0) is 43.5 Å². The van der Waals surface area contributed by atoms with Gasteiger partial charge in [-0.1, -0.05) is 13.8 Å². The molecule has 1 N–H and O–H groups in total. The van der Waals surface area contributed by atoms with Crippen molar-refractivity contribution in [1.82, 2.24) is 4.98 Å². The number of aromatic hydroxyl groups is 1. The van der Waals surface area contributed by atoms with Crippen LogP contribution in [-0.2, 0) is 4.74 Å². The number of esters is 1. The largest absolute Gasteiger partial charge is 0.508 e. The summed E-state index contributed by atoms with van der Waals surface area (Å²) >= 11 is 1.50. The second-order valence-electron chi connectivity index (χ2n) is 5.11. The van der Waals surface area contributed by atoms with Crippen molar-refractivity contribution < 1.29 is 14.6 Å². The second-order valence-corrected chi connectivity index (χ2v) is 6.14. The Morgan fingerprint density at radius 3 is 2.71 bits per heavy atom. The van der Waals surface area contributed by atoms with Crippen molar-refractivity contribution in [2.75, 3.05) is 6.61 Å². The number of hydrogen-bond donors (Lipinski definition) is 1. The zero-order chi connectivity index (χ0) is 15.6. The van der Waals surface area contributed by atoms with E-state index < -0.39 is 0 Å². The molecule has 2 rings (SSSR count). The molecule has 0 unspecified atom stereocenters. The highest BCUT2D eigenvalue weighted by molar-refractivity contribution is 7.15. The van der Waals surface area contributed by atoms with Crippen LogP contribution in [0.25, 0.3) is 10.6 Å². The Balaban J connectivity index is 2.51. The number of phenolic OH excluding ortho intramolecular Hbond substituents is 1. The molecule has 5 heteroatoms. The van der Waals surface area contributed by atoms with Gasteiger partial charge in [-0.25, -0.2) is 9.78 Å². The van der Waals surface area contributed by atoms with E-state index in [1.165, 1.54) is 11.3 Å². The number of aryl methyl sites for hydroxylation is 1. The zero-order valence-electron chi connectivity index (χ0n) is 12.6.